The van der Waals surface area contributed by atoms with Gasteiger partial charge in [0.2, 0.25) is 0 Å². The molecule has 0 aliphatic heterocycles. The summed E-state index contributed by atoms with van der Waals surface area (Å²) in [5.41, 5.74) is 8.95. The lowest BCUT2D eigenvalue weighted by atomic mass is 10.1. The van der Waals surface area contributed by atoms with Crippen molar-refractivity contribution >= 4 is 21.4 Å². The maximum atomic E-state index is 12.6. The second kappa shape index (κ2) is 7.05. The summed E-state index contributed by atoms with van der Waals surface area (Å²) in [6.45, 7) is 1.84. The number of benzene rings is 2. The van der Waals surface area contributed by atoms with Crippen LogP contribution in [0.1, 0.15) is 5.56 Å². The Hall–Kier alpha value is -3.06. The number of sulfonamides is 1. The minimum atomic E-state index is -3.71. The van der Waals surface area contributed by atoms with Crippen LogP contribution in [-0.4, -0.2) is 20.5 Å². The second-order valence-corrected chi connectivity index (χ2v) is 7.47. The Morgan fingerprint density at radius 1 is 1.04 bits per heavy atom. The van der Waals surface area contributed by atoms with Crippen LogP contribution in [0.3, 0.4) is 0 Å². The predicted octanol–water partition coefficient (Wildman–Crippen LogP) is 3.45. The Labute approximate surface area is 152 Å². The highest BCUT2D eigenvalue weighted by atomic mass is 32.2. The molecule has 0 spiro atoms. The van der Waals surface area contributed by atoms with E-state index in [0.717, 1.165) is 16.8 Å². The van der Waals surface area contributed by atoms with Crippen molar-refractivity contribution in [1.82, 2.24) is 4.98 Å². The first-order valence-electron chi connectivity index (χ1n) is 7.88. The molecule has 0 unspecified atom stereocenters. The largest absolute Gasteiger partial charge is 0.495 e. The number of nitrogens with two attached hydrogens (primary N) is 1. The van der Waals surface area contributed by atoms with Crippen LogP contribution in [0.5, 0.6) is 5.75 Å². The van der Waals surface area contributed by atoms with Crippen molar-refractivity contribution in [1.29, 1.82) is 0 Å². The van der Waals surface area contributed by atoms with Gasteiger partial charge in [-0.25, -0.2) is 8.42 Å². The summed E-state index contributed by atoms with van der Waals surface area (Å²) in [4.78, 5) is 4.49. The van der Waals surface area contributed by atoms with E-state index in [0.29, 0.717) is 17.1 Å². The standard InChI is InChI=1S/C19H19N3O3S/c1-13-3-4-14(18-10-7-16(25-2)12-21-18)11-19(13)22-26(23,24)17-8-5-15(20)6-9-17/h3-12,22H,20H2,1-2H3. The van der Waals surface area contributed by atoms with Crippen LogP contribution in [0.4, 0.5) is 11.4 Å². The molecule has 0 atom stereocenters. The quantitative estimate of drug-likeness (QED) is 0.672. The number of rotatable bonds is 5. The number of pyridine rings is 1. The molecule has 0 aliphatic rings. The van der Waals surface area contributed by atoms with E-state index in [1.165, 1.54) is 12.1 Å². The molecule has 0 saturated carbocycles. The molecule has 3 N–H and O–H groups in total. The van der Waals surface area contributed by atoms with Gasteiger partial charge in [0.1, 0.15) is 5.75 Å². The van der Waals surface area contributed by atoms with Crippen molar-refractivity contribution in [3.63, 3.8) is 0 Å². The number of methoxy groups -OCH3 is 1. The number of nitrogens with one attached hydrogen (secondary N) is 1. The lowest BCUT2D eigenvalue weighted by Gasteiger charge is -2.12. The Morgan fingerprint density at radius 3 is 2.38 bits per heavy atom. The molecule has 6 nitrogen and oxygen atoms in total. The van der Waals surface area contributed by atoms with E-state index in [-0.39, 0.29) is 4.90 Å². The van der Waals surface area contributed by atoms with Gasteiger partial charge in [-0.1, -0.05) is 12.1 Å². The van der Waals surface area contributed by atoms with Gasteiger partial charge in [-0.2, -0.15) is 0 Å². The number of anilines is 2. The number of aryl methyl sites for hydroxylation is 1. The number of nitrogens with zero attached hydrogens (tertiary/aromatic N) is 1. The highest BCUT2D eigenvalue weighted by Gasteiger charge is 2.16. The first-order chi connectivity index (χ1) is 12.4. The monoisotopic (exact) mass is 369 g/mol. The zero-order chi connectivity index (χ0) is 18.7. The number of ether oxygens (including phenoxy) is 1. The summed E-state index contributed by atoms with van der Waals surface area (Å²) in [7, 11) is -2.13. The first-order valence-corrected chi connectivity index (χ1v) is 9.37. The summed E-state index contributed by atoms with van der Waals surface area (Å²) < 4.78 is 33.0. The van der Waals surface area contributed by atoms with Gasteiger partial charge in [0.25, 0.3) is 10.0 Å². The molecule has 7 heteroatoms. The van der Waals surface area contributed by atoms with Gasteiger partial charge in [0, 0.05) is 11.3 Å². The molecule has 0 amide bonds. The lowest BCUT2D eigenvalue weighted by molar-refractivity contribution is 0.413. The summed E-state index contributed by atoms with van der Waals surface area (Å²) >= 11 is 0. The van der Waals surface area contributed by atoms with Crippen molar-refractivity contribution in [2.75, 3.05) is 17.6 Å². The minimum Gasteiger partial charge on any atom is -0.495 e. The van der Waals surface area contributed by atoms with Crippen LogP contribution >= 0.6 is 0 Å². The van der Waals surface area contributed by atoms with E-state index < -0.39 is 10.0 Å². The Bertz CT molecular complexity index is 1010. The maximum absolute atomic E-state index is 12.6. The molecule has 0 aliphatic carbocycles. The van der Waals surface area contributed by atoms with Crippen LogP contribution in [0.25, 0.3) is 11.3 Å². The van der Waals surface area contributed by atoms with Gasteiger partial charge in [-0.3, -0.25) is 9.71 Å². The third-order valence-corrected chi connectivity index (χ3v) is 5.32. The molecule has 1 heterocycles. The van der Waals surface area contributed by atoms with Crippen LogP contribution in [0.2, 0.25) is 0 Å². The molecule has 134 valence electrons. The summed E-state index contributed by atoms with van der Waals surface area (Å²) in [6, 6.07) is 15.2. The first kappa shape index (κ1) is 17.8. The molecule has 3 aromatic rings. The smallest absolute Gasteiger partial charge is 0.261 e. The van der Waals surface area contributed by atoms with E-state index in [4.69, 9.17) is 10.5 Å². The number of aromatic nitrogens is 1. The average Bonchev–Trinajstić information content (AvgIpc) is 2.64. The van der Waals surface area contributed by atoms with E-state index in [1.54, 1.807) is 37.6 Å². The van der Waals surface area contributed by atoms with E-state index in [2.05, 4.69) is 9.71 Å². The molecule has 0 bridgehead atoms. The van der Waals surface area contributed by atoms with Crippen LogP contribution in [0, 0.1) is 6.92 Å². The zero-order valence-corrected chi connectivity index (χ0v) is 15.2. The van der Waals surface area contributed by atoms with Gasteiger partial charge in [-0.15, -0.1) is 0 Å². The van der Waals surface area contributed by atoms with Crippen molar-refractivity contribution in [2.45, 2.75) is 11.8 Å². The molecule has 26 heavy (non-hydrogen) atoms. The number of nitrogen functional groups attached to an aromatic ring is 1. The topological polar surface area (TPSA) is 94.3 Å². The number of hydrogen-bond donors (Lipinski definition) is 2. The predicted molar refractivity (Wildman–Crippen MR) is 103 cm³/mol. The van der Waals surface area contributed by atoms with Crippen molar-refractivity contribution < 1.29 is 13.2 Å². The summed E-state index contributed by atoms with van der Waals surface area (Å²) in [5.74, 6) is 0.658. The minimum absolute atomic E-state index is 0.152. The summed E-state index contributed by atoms with van der Waals surface area (Å²) in [6.07, 6.45) is 1.62. The highest BCUT2D eigenvalue weighted by Crippen LogP contribution is 2.27. The third-order valence-electron chi connectivity index (χ3n) is 3.94. The zero-order valence-electron chi connectivity index (χ0n) is 14.4. The second-order valence-electron chi connectivity index (χ2n) is 5.79. The molecular formula is C19H19N3O3S. The van der Waals surface area contributed by atoms with Crippen LogP contribution in [-0.2, 0) is 10.0 Å². The van der Waals surface area contributed by atoms with Gasteiger partial charge >= 0.3 is 0 Å². The van der Waals surface area contributed by atoms with Crippen LogP contribution < -0.4 is 15.2 Å². The Morgan fingerprint density at radius 2 is 1.77 bits per heavy atom. The SMILES string of the molecule is COc1ccc(-c2ccc(C)c(NS(=O)(=O)c3ccc(N)cc3)c2)nc1. The maximum Gasteiger partial charge on any atom is 0.261 e. The molecule has 1 aromatic heterocycles. The van der Waals surface area contributed by atoms with Crippen molar-refractivity contribution in [3.8, 4) is 17.0 Å². The van der Waals surface area contributed by atoms with E-state index in [1.807, 2.05) is 25.1 Å². The number of hydrogen-bond acceptors (Lipinski definition) is 5. The molecule has 0 saturated heterocycles. The fraction of sp³-hybridized carbons (Fsp3) is 0.105. The van der Waals surface area contributed by atoms with Gasteiger partial charge in [0.05, 0.1) is 29.6 Å². The van der Waals surface area contributed by atoms with Crippen molar-refractivity contribution in [3.05, 3.63) is 66.4 Å². The molecule has 0 fully saturated rings. The average molecular weight is 369 g/mol. The molecular weight excluding hydrogens is 350 g/mol. The molecule has 0 radical (unpaired) electrons. The van der Waals surface area contributed by atoms with Crippen LogP contribution in [0.15, 0.2) is 65.7 Å². The van der Waals surface area contributed by atoms with Gasteiger partial charge in [-0.05, 0) is 55.0 Å². The normalized spacial score (nSPS) is 11.2. The van der Waals surface area contributed by atoms with Gasteiger partial charge in [0.15, 0.2) is 0 Å². The fourth-order valence-corrected chi connectivity index (χ4v) is 3.54. The third kappa shape index (κ3) is 3.78. The lowest BCUT2D eigenvalue weighted by Crippen LogP contribution is -2.13. The molecule has 3 rings (SSSR count). The Balaban J connectivity index is 1.93. The van der Waals surface area contributed by atoms with Gasteiger partial charge < -0.3 is 10.5 Å². The van der Waals surface area contributed by atoms with Crippen molar-refractivity contribution in [2.24, 2.45) is 0 Å². The van der Waals surface area contributed by atoms with E-state index in [9.17, 15) is 8.42 Å². The summed E-state index contributed by atoms with van der Waals surface area (Å²) in [5, 5.41) is 0. The molecule has 2 aromatic carbocycles. The Kier molecular flexibility index (Phi) is 4.81. The van der Waals surface area contributed by atoms with E-state index >= 15 is 0 Å². The highest BCUT2D eigenvalue weighted by molar-refractivity contribution is 7.92. The fourth-order valence-electron chi connectivity index (χ4n) is 2.41.